The molecule has 2 heteroatoms. The molecule has 2 nitrogen and oxygen atoms in total. The van der Waals surface area contributed by atoms with E-state index in [1.807, 2.05) is 19.1 Å². The lowest BCUT2D eigenvalue weighted by Gasteiger charge is -2.06. The summed E-state index contributed by atoms with van der Waals surface area (Å²) < 4.78 is 4.98. The molecule has 0 saturated heterocycles. The molecular formula is C20H24O2. The number of benzene rings is 1. The minimum Gasteiger partial charge on any atom is -0.466 e. The van der Waals surface area contributed by atoms with Crippen LogP contribution in [0.1, 0.15) is 38.3 Å². The first kappa shape index (κ1) is 16.3. The predicted molar refractivity (Wildman–Crippen MR) is 91.4 cm³/mol. The van der Waals surface area contributed by atoms with Gasteiger partial charge in [0.2, 0.25) is 0 Å². The number of carbonyl (C=O) groups excluding carboxylic acids is 1. The van der Waals surface area contributed by atoms with Crippen LogP contribution in [-0.4, -0.2) is 12.6 Å². The van der Waals surface area contributed by atoms with Gasteiger partial charge in [0, 0.05) is 0 Å². The first-order valence-electron chi connectivity index (χ1n) is 7.95. The SMILES string of the molecule is CCOC(=O)Cc1ccc(C2=CC(C)=CC(CC)C=C2)cc1. The number of rotatable bonds is 5. The van der Waals surface area contributed by atoms with Crippen molar-refractivity contribution in [3.63, 3.8) is 0 Å². The molecule has 116 valence electrons. The Morgan fingerprint density at radius 1 is 1.18 bits per heavy atom. The van der Waals surface area contributed by atoms with Crippen LogP contribution in [-0.2, 0) is 16.0 Å². The summed E-state index contributed by atoms with van der Waals surface area (Å²) in [4.78, 5) is 11.5. The van der Waals surface area contributed by atoms with E-state index in [1.165, 1.54) is 16.7 Å². The van der Waals surface area contributed by atoms with Gasteiger partial charge in [0.1, 0.15) is 0 Å². The summed E-state index contributed by atoms with van der Waals surface area (Å²) in [6, 6.07) is 8.15. The molecule has 0 amide bonds. The zero-order valence-corrected chi connectivity index (χ0v) is 13.6. The van der Waals surface area contributed by atoms with E-state index < -0.39 is 0 Å². The molecule has 0 aliphatic heterocycles. The van der Waals surface area contributed by atoms with Gasteiger partial charge in [0.25, 0.3) is 0 Å². The van der Waals surface area contributed by atoms with E-state index in [9.17, 15) is 4.79 Å². The van der Waals surface area contributed by atoms with Crippen molar-refractivity contribution in [3.8, 4) is 0 Å². The highest BCUT2D eigenvalue weighted by Gasteiger charge is 2.07. The van der Waals surface area contributed by atoms with Crippen molar-refractivity contribution in [2.24, 2.45) is 5.92 Å². The Balaban J connectivity index is 2.13. The van der Waals surface area contributed by atoms with Crippen molar-refractivity contribution in [1.29, 1.82) is 0 Å². The average molecular weight is 296 g/mol. The summed E-state index contributed by atoms with van der Waals surface area (Å²) in [7, 11) is 0. The van der Waals surface area contributed by atoms with Gasteiger partial charge in [-0.3, -0.25) is 4.79 Å². The van der Waals surface area contributed by atoms with Crippen molar-refractivity contribution < 1.29 is 9.53 Å². The van der Waals surface area contributed by atoms with Crippen molar-refractivity contribution in [2.45, 2.75) is 33.6 Å². The first-order chi connectivity index (χ1) is 10.6. The smallest absolute Gasteiger partial charge is 0.310 e. The molecule has 0 aromatic heterocycles. The Hall–Kier alpha value is -2.09. The van der Waals surface area contributed by atoms with Crippen LogP contribution in [0.3, 0.4) is 0 Å². The Bertz CT molecular complexity index is 603. The van der Waals surface area contributed by atoms with Crippen LogP contribution >= 0.6 is 0 Å². The van der Waals surface area contributed by atoms with Crippen molar-refractivity contribution in [1.82, 2.24) is 0 Å². The van der Waals surface area contributed by atoms with E-state index in [-0.39, 0.29) is 5.97 Å². The summed E-state index contributed by atoms with van der Waals surface area (Å²) in [6.07, 6.45) is 10.4. The highest BCUT2D eigenvalue weighted by molar-refractivity contribution is 5.77. The van der Waals surface area contributed by atoms with Gasteiger partial charge in [0.05, 0.1) is 13.0 Å². The first-order valence-corrected chi connectivity index (χ1v) is 7.95. The second-order valence-corrected chi connectivity index (χ2v) is 5.62. The number of allylic oxidation sites excluding steroid dienone is 6. The van der Waals surface area contributed by atoms with Crippen LogP contribution in [0.4, 0.5) is 0 Å². The van der Waals surface area contributed by atoms with Gasteiger partial charge in [-0.05, 0) is 42.9 Å². The maximum atomic E-state index is 11.5. The third-order valence-electron chi connectivity index (χ3n) is 3.80. The fraction of sp³-hybridized carbons (Fsp3) is 0.350. The molecule has 2 rings (SSSR count). The van der Waals surface area contributed by atoms with E-state index in [2.05, 4.69) is 50.3 Å². The van der Waals surface area contributed by atoms with Crippen LogP contribution in [0.25, 0.3) is 5.57 Å². The Labute approximate surface area is 133 Å². The standard InChI is InChI=1S/C20H24O2/c1-4-16-6-11-19(13-15(3)12-16)18-9-7-17(8-10-18)14-20(21)22-5-2/h6-13,16H,4-5,14H2,1-3H3. The highest BCUT2D eigenvalue weighted by atomic mass is 16.5. The van der Waals surface area contributed by atoms with Gasteiger partial charge in [-0.1, -0.05) is 61.1 Å². The molecule has 0 saturated carbocycles. The second kappa shape index (κ2) is 7.79. The van der Waals surface area contributed by atoms with Crippen molar-refractivity contribution in [2.75, 3.05) is 6.61 Å². The molecule has 22 heavy (non-hydrogen) atoms. The maximum absolute atomic E-state index is 11.5. The minimum absolute atomic E-state index is 0.173. The van der Waals surface area contributed by atoms with Gasteiger partial charge >= 0.3 is 5.97 Å². The molecule has 0 fully saturated rings. The van der Waals surface area contributed by atoms with E-state index in [4.69, 9.17) is 4.74 Å². The second-order valence-electron chi connectivity index (χ2n) is 5.62. The maximum Gasteiger partial charge on any atom is 0.310 e. The quantitative estimate of drug-likeness (QED) is 0.735. The van der Waals surface area contributed by atoms with Gasteiger partial charge in [-0.15, -0.1) is 0 Å². The molecule has 1 aromatic rings. The summed E-state index contributed by atoms with van der Waals surface area (Å²) in [5.74, 6) is 0.338. The molecule has 0 N–H and O–H groups in total. The summed E-state index contributed by atoms with van der Waals surface area (Å²) in [6.45, 7) is 6.60. The fourth-order valence-electron chi connectivity index (χ4n) is 2.59. The fourth-order valence-corrected chi connectivity index (χ4v) is 2.59. The third-order valence-corrected chi connectivity index (χ3v) is 3.80. The van der Waals surface area contributed by atoms with E-state index in [0.717, 1.165) is 12.0 Å². The normalized spacial score (nSPS) is 17.5. The van der Waals surface area contributed by atoms with Crippen LogP contribution < -0.4 is 0 Å². The van der Waals surface area contributed by atoms with Crippen LogP contribution in [0.2, 0.25) is 0 Å². The van der Waals surface area contributed by atoms with Gasteiger partial charge in [0.15, 0.2) is 0 Å². The Kier molecular flexibility index (Phi) is 5.76. The zero-order chi connectivity index (χ0) is 15.9. The van der Waals surface area contributed by atoms with E-state index in [0.29, 0.717) is 18.9 Å². The largest absolute Gasteiger partial charge is 0.466 e. The molecule has 1 aliphatic rings. The molecule has 0 heterocycles. The lowest BCUT2D eigenvalue weighted by atomic mass is 10.0. The average Bonchev–Trinajstić information content (AvgIpc) is 2.69. The summed E-state index contributed by atoms with van der Waals surface area (Å²) >= 11 is 0. The highest BCUT2D eigenvalue weighted by Crippen LogP contribution is 2.24. The summed E-state index contributed by atoms with van der Waals surface area (Å²) in [5.41, 5.74) is 4.67. The number of hydrogen-bond acceptors (Lipinski definition) is 2. The lowest BCUT2D eigenvalue weighted by molar-refractivity contribution is -0.142. The zero-order valence-electron chi connectivity index (χ0n) is 13.6. The molecule has 1 aliphatic carbocycles. The molecule has 0 spiro atoms. The topological polar surface area (TPSA) is 26.3 Å². The number of esters is 1. The predicted octanol–water partition coefficient (Wildman–Crippen LogP) is 4.72. The Morgan fingerprint density at radius 2 is 1.91 bits per heavy atom. The van der Waals surface area contributed by atoms with Crippen LogP contribution in [0.5, 0.6) is 0 Å². The van der Waals surface area contributed by atoms with Crippen LogP contribution in [0.15, 0.2) is 54.1 Å². The van der Waals surface area contributed by atoms with E-state index in [1.54, 1.807) is 0 Å². The molecule has 0 bridgehead atoms. The monoisotopic (exact) mass is 296 g/mol. The molecule has 1 aromatic carbocycles. The number of hydrogen-bond donors (Lipinski definition) is 0. The third kappa shape index (κ3) is 4.45. The van der Waals surface area contributed by atoms with E-state index >= 15 is 0 Å². The number of ether oxygens (including phenoxy) is 1. The molecule has 1 atom stereocenters. The van der Waals surface area contributed by atoms with Gasteiger partial charge < -0.3 is 4.74 Å². The van der Waals surface area contributed by atoms with Gasteiger partial charge in [-0.2, -0.15) is 0 Å². The molecule has 0 radical (unpaired) electrons. The van der Waals surface area contributed by atoms with Crippen molar-refractivity contribution in [3.05, 3.63) is 65.3 Å². The number of carbonyl (C=O) groups is 1. The van der Waals surface area contributed by atoms with Crippen LogP contribution in [0, 0.1) is 5.92 Å². The molecular weight excluding hydrogens is 272 g/mol. The summed E-state index contributed by atoms with van der Waals surface area (Å²) in [5, 5.41) is 0. The Morgan fingerprint density at radius 3 is 2.55 bits per heavy atom. The molecule has 1 unspecified atom stereocenters. The minimum atomic E-state index is -0.173. The van der Waals surface area contributed by atoms with Crippen molar-refractivity contribution >= 4 is 11.5 Å². The van der Waals surface area contributed by atoms with Gasteiger partial charge in [-0.25, -0.2) is 0 Å². The lowest BCUT2D eigenvalue weighted by Crippen LogP contribution is -2.07.